The van der Waals surface area contributed by atoms with Crippen LogP contribution >= 0.6 is 0 Å². The quantitative estimate of drug-likeness (QED) is 0.834. The minimum Gasteiger partial charge on any atom is -0.497 e. The number of likely N-dealkylation sites (N-methyl/N-ethyl adjacent to an activating group) is 1. The first-order valence-electron chi connectivity index (χ1n) is 5.75. The number of fused-ring (bicyclic) bond motifs is 1. The summed E-state index contributed by atoms with van der Waals surface area (Å²) in [6.45, 7) is 2.10. The van der Waals surface area contributed by atoms with E-state index in [1.165, 1.54) is 11.1 Å². The SMILES string of the molecule is COc1ccc2c(c1)CCN[C@@H]2CN(C)C. The predicted octanol–water partition coefficient (Wildman–Crippen LogP) is 1.44. The fraction of sp³-hybridized carbons (Fsp3) is 0.538. The molecule has 0 saturated carbocycles. The molecule has 0 aliphatic carbocycles. The molecule has 1 aromatic carbocycles. The van der Waals surface area contributed by atoms with Gasteiger partial charge in [-0.3, -0.25) is 0 Å². The zero-order valence-corrected chi connectivity index (χ0v) is 10.3. The summed E-state index contributed by atoms with van der Waals surface area (Å²) in [5.74, 6) is 0.962. The van der Waals surface area contributed by atoms with Crippen molar-refractivity contribution in [1.29, 1.82) is 0 Å². The molecule has 1 heterocycles. The van der Waals surface area contributed by atoms with Gasteiger partial charge >= 0.3 is 0 Å². The van der Waals surface area contributed by atoms with E-state index in [2.05, 4.69) is 42.5 Å². The molecule has 2 rings (SSSR count). The molecule has 0 aromatic heterocycles. The van der Waals surface area contributed by atoms with E-state index in [9.17, 15) is 0 Å². The zero-order chi connectivity index (χ0) is 11.5. The topological polar surface area (TPSA) is 24.5 Å². The average Bonchev–Trinajstić information content (AvgIpc) is 2.28. The molecule has 1 aliphatic heterocycles. The fourth-order valence-corrected chi connectivity index (χ4v) is 2.28. The maximum absolute atomic E-state index is 5.27. The van der Waals surface area contributed by atoms with Crippen LogP contribution < -0.4 is 10.1 Å². The number of hydrogen-bond donors (Lipinski definition) is 1. The van der Waals surface area contributed by atoms with E-state index in [1.807, 2.05) is 0 Å². The Bertz CT molecular complexity index is 363. The Labute approximate surface area is 97.4 Å². The van der Waals surface area contributed by atoms with Crippen LogP contribution in [0.5, 0.6) is 5.75 Å². The Morgan fingerprint density at radius 3 is 2.94 bits per heavy atom. The van der Waals surface area contributed by atoms with Gasteiger partial charge in [0.25, 0.3) is 0 Å². The molecule has 1 N–H and O–H groups in total. The van der Waals surface area contributed by atoms with Crippen molar-refractivity contribution < 1.29 is 4.74 Å². The summed E-state index contributed by atoms with van der Waals surface area (Å²) >= 11 is 0. The van der Waals surface area contributed by atoms with Crippen LogP contribution in [0.3, 0.4) is 0 Å². The highest BCUT2D eigenvalue weighted by molar-refractivity contribution is 5.39. The lowest BCUT2D eigenvalue weighted by molar-refractivity contribution is 0.333. The smallest absolute Gasteiger partial charge is 0.119 e. The van der Waals surface area contributed by atoms with Gasteiger partial charge in [0, 0.05) is 12.6 Å². The lowest BCUT2D eigenvalue weighted by Crippen LogP contribution is -2.36. The van der Waals surface area contributed by atoms with E-state index < -0.39 is 0 Å². The number of methoxy groups -OCH3 is 1. The molecule has 1 aromatic rings. The fourth-order valence-electron chi connectivity index (χ4n) is 2.28. The normalized spacial score (nSPS) is 19.6. The maximum Gasteiger partial charge on any atom is 0.119 e. The van der Waals surface area contributed by atoms with Gasteiger partial charge in [-0.05, 0) is 50.3 Å². The van der Waals surface area contributed by atoms with Crippen molar-refractivity contribution >= 4 is 0 Å². The van der Waals surface area contributed by atoms with Gasteiger partial charge in [0.2, 0.25) is 0 Å². The van der Waals surface area contributed by atoms with Gasteiger partial charge in [-0.15, -0.1) is 0 Å². The summed E-state index contributed by atoms with van der Waals surface area (Å²) < 4.78 is 5.27. The third-order valence-corrected chi connectivity index (χ3v) is 3.06. The van der Waals surface area contributed by atoms with E-state index in [0.29, 0.717) is 6.04 Å². The van der Waals surface area contributed by atoms with Crippen molar-refractivity contribution in [3.63, 3.8) is 0 Å². The van der Waals surface area contributed by atoms with Gasteiger partial charge in [0.15, 0.2) is 0 Å². The van der Waals surface area contributed by atoms with E-state index in [-0.39, 0.29) is 0 Å². The Balaban J connectivity index is 2.25. The molecule has 3 heteroatoms. The van der Waals surface area contributed by atoms with Crippen LogP contribution in [0, 0.1) is 0 Å². The van der Waals surface area contributed by atoms with Gasteiger partial charge in [-0.25, -0.2) is 0 Å². The van der Waals surface area contributed by atoms with Gasteiger partial charge in [0.05, 0.1) is 7.11 Å². The second-order valence-corrected chi connectivity index (χ2v) is 4.58. The number of rotatable bonds is 3. The monoisotopic (exact) mass is 220 g/mol. The van der Waals surface area contributed by atoms with Gasteiger partial charge < -0.3 is 15.0 Å². The maximum atomic E-state index is 5.27. The standard InChI is InChI=1S/C13H20N2O/c1-15(2)9-13-12-5-4-11(16-3)8-10(12)6-7-14-13/h4-5,8,13-14H,6-7,9H2,1-3H3/t13-/m1/s1. The van der Waals surface area contributed by atoms with Crippen molar-refractivity contribution in [1.82, 2.24) is 10.2 Å². The number of nitrogens with one attached hydrogen (secondary N) is 1. The molecular weight excluding hydrogens is 200 g/mol. The Morgan fingerprint density at radius 1 is 1.44 bits per heavy atom. The first-order valence-corrected chi connectivity index (χ1v) is 5.75. The average molecular weight is 220 g/mol. The zero-order valence-electron chi connectivity index (χ0n) is 10.3. The Morgan fingerprint density at radius 2 is 2.25 bits per heavy atom. The van der Waals surface area contributed by atoms with Crippen molar-refractivity contribution in [2.24, 2.45) is 0 Å². The first-order chi connectivity index (χ1) is 7.70. The molecule has 0 unspecified atom stereocenters. The molecule has 16 heavy (non-hydrogen) atoms. The van der Waals surface area contributed by atoms with Crippen LogP contribution in [0.4, 0.5) is 0 Å². The van der Waals surface area contributed by atoms with E-state index in [1.54, 1.807) is 7.11 Å². The Kier molecular flexibility index (Phi) is 3.46. The van der Waals surface area contributed by atoms with E-state index >= 15 is 0 Å². The molecule has 0 radical (unpaired) electrons. The van der Waals surface area contributed by atoms with E-state index in [0.717, 1.165) is 25.3 Å². The summed E-state index contributed by atoms with van der Waals surface area (Å²) in [5, 5.41) is 3.56. The van der Waals surface area contributed by atoms with Crippen LogP contribution in [-0.2, 0) is 6.42 Å². The molecule has 1 aliphatic rings. The van der Waals surface area contributed by atoms with Gasteiger partial charge in [-0.1, -0.05) is 6.07 Å². The van der Waals surface area contributed by atoms with E-state index in [4.69, 9.17) is 4.74 Å². The first kappa shape index (κ1) is 11.4. The minimum atomic E-state index is 0.449. The summed E-state index contributed by atoms with van der Waals surface area (Å²) in [6.07, 6.45) is 1.09. The number of ether oxygens (including phenoxy) is 1. The van der Waals surface area contributed by atoms with Crippen LogP contribution in [0.25, 0.3) is 0 Å². The lowest BCUT2D eigenvalue weighted by atomic mass is 9.94. The molecular formula is C13H20N2O. The molecule has 0 amide bonds. The van der Waals surface area contributed by atoms with Crippen molar-refractivity contribution in [3.8, 4) is 5.75 Å². The van der Waals surface area contributed by atoms with Crippen molar-refractivity contribution in [2.45, 2.75) is 12.5 Å². The highest BCUT2D eigenvalue weighted by Crippen LogP contribution is 2.26. The number of hydrogen-bond acceptors (Lipinski definition) is 3. The molecule has 3 nitrogen and oxygen atoms in total. The predicted molar refractivity (Wildman–Crippen MR) is 66.0 cm³/mol. The largest absolute Gasteiger partial charge is 0.497 e. The molecule has 0 saturated heterocycles. The van der Waals surface area contributed by atoms with Gasteiger partial charge in [-0.2, -0.15) is 0 Å². The third kappa shape index (κ3) is 2.36. The number of nitrogens with zero attached hydrogens (tertiary/aromatic N) is 1. The second-order valence-electron chi connectivity index (χ2n) is 4.58. The van der Waals surface area contributed by atoms with Gasteiger partial charge in [0.1, 0.15) is 5.75 Å². The molecule has 0 spiro atoms. The van der Waals surface area contributed by atoms with Crippen LogP contribution in [-0.4, -0.2) is 39.2 Å². The van der Waals surface area contributed by atoms with Crippen molar-refractivity contribution in [3.05, 3.63) is 29.3 Å². The Hall–Kier alpha value is -1.06. The number of benzene rings is 1. The molecule has 88 valence electrons. The van der Waals surface area contributed by atoms with Crippen LogP contribution in [0.1, 0.15) is 17.2 Å². The molecule has 1 atom stereocenters. The summed E-state index contributed by atoms with van der Waals surface area (Å²) in [5.41, 5.74) is 2.84. The lowest BCUT2D eigenvalue weighted by Gasteiger charge is -2.29. The van der Waals surface area contributed by atoms with Crippen LogP contribution in [0.15, 0.2) is 18.2 Å². The summed E-state index contributed by atoms with van der Waals surface area (Å²) in [7, 11) is 5.94. The minimum absolute atomic E-state index is 0.449. The molecule has 0 fully saturated rings. The highest BCUT2D eigenvalue weighted by atomic mass is 16.5. The highest BCUT2D eigenvalue weighted by Gasteiger charge is 2.20. The summed E-state index contributed by atoms with van der Waals surface area (Å²) in [6, 6.07) is 6.85. The second kappa shape index (κ2) is 4.85. The summed E-state index contributed by atoms with van der Waals surface area (Å²) in [4.78, 5) is 2.22. The van der Waals surface area contributed by atoms with Crippen molar-refractivity contribution in [2.75, 3.05) is 34.3 Å². The van der Waals surface area contributed by atoms with Crippen LogP contribution in [0.2, 0.25) is 0 Å². The third-order valence-electron chi connectivity index (χ3n) is 3.06. The molecule has 0 bridgehead atoms.